The second-order valence-electron chi connectivity index (χ2n) is 5.89. The molecule has 0 saturated carbocycles. The zero-order chi connectivity index (χ0) is 20.2. The highest BCUT2D eigenvalue weighted by molar-refractivity contribution is 7.99. The normalized spacial score (nSPS) is 11.0. The maximum absolute atomic E-state index is 12.1. The third kappa shape index (κ3) is 4.51. The Labute approximate surface area is 174 Å². The summed E-state index contributed by atoms with van der Waals surface area (Å²) >= 11 is 2.66. The van der Waals surface area contributed by atoms with Crippen LogP contribution in [0.2, 0.25) is 0 Å². The van der Waals surface area contributed by atoms with Gasteiger partial charge >= 0.3 is 0 Å². The number of hydrogen-bond acceptors (Lipinski definition) is 9. The number of carbonyl (C=O) groups is 1. The van der Waals surface area contributed by atoms with E-state index in [0.29, 0.717) is 28.2 Å². The summed E-state index contributed by atoms with van der Waals surface area (Å²) in [6.45, 7) is 4.39. The van der Waals surface area contributed by atoms with Gasteiger partial charge in [-0.3, -0.25) is 10.1 Å². The summed E-state index contributed by atoms with van der Waals surface area (Å²) in [4.78, 5) is 12.1. The molecule has 0 aliphatic carbocycles. The van der Waals surface area contributed by atoms with Crippen LogP contribution in [0, 0.1) is 6.92 Å². The van der Waals surface area contributed by atoms with Crippen molar-refractivity contribution in [3.8, 4) is 17.1 Å². The third-order valence-corrected chi connectivity index (χ3v) is 5.46. The molecule has 0 aliphatic heterocycles. The molecule has 29 heavy (non-hydrogen) atoms. The van der Waals surface area contributed by atoms with Crippen LogP contribution >= 0.6 is 23.1 Å². The summed E-state index contributed by atoms with van der Waals surface area (Å²) in [5, 5.41) is 25.5. The second kappa shape index (κ2) is 8.53. The molecule has 9 nitrogen and oxygen atoms in total. The lowest BCUT2D eigenvalue weighted by Gasteiger charge is -2.05. The van der Waals surface area contributed by atoms with E-state index in [9.17, 15) is 4.79 Å². The molecule has 0 unspecified atom stereocenters. The number of aryl methyl sites for hydroxylation is 1. The van der Waals surface area contributed by atoms with Crippen molar-refractivity contribution >= 4 is 39.8 Å². The molecule has 0 bridgehead atoms. The minimum atomic E-state index is -0.163. The number of nitrogens with one attached hydrogen (secondary N) is 1. The van der Waals surface area contributed by atoms with Gasteiger partial charge < -0.3 is 4.74 Å². The highest BCUT2D eigenvalue weighted by Crippen LogP contribution is 2.23. The number of fused-ring (bicyclic) bond motifs is 1. The van der Waals surface area contributed by atoms with E-state index in [0.717, 1.165) is 16.3 Å². The molecule has 4 rings (SSSR count). The van der Waals surface area contributed by atoms with Crippen molar-refractivity contribution in [1.82, 2.24) is 30.0 Å². The zero-order valence-corrected chi connectivity index (χ0v) is 17.3. The van der Waals surface area contributed by atoms with Gasteiger partial charge in [-0.25, -0.2) is 0 Å². The van der Waals surface area contributed by atoms with Crippen molar-refractivity contribution in [3.05, 3.63) is 41.4 Å². The van der Waals surface area contributed by atoms with Gasteiger partial charge in [0.1, 0.15) is 15.8 Å². The minimum absolute atomic E-state index is 0.163. The van der Waals surface area contributed by atoms with E-state index in [2.05, 4.69) is 30.8 Å². The lowest BCUT2D eigenvalue weighted by molar-refractivity contribution is -0.113. The monoisotopic (exact) mass is 427 g/mol. The highest BCUT2D eigenvalue weighted by atomic mass is 32.2. The summed E-state index contributed by atoms with van der Waals surface area (Å²) < 4.78 is 7.15. The first-order valence-corrected chi connectivity index (χ1v) is 10.6. The molecule has 11 heteroatoms. The third-order valence-electron chi connectivity index (χ3n) is 3.79. The van der Waals surface area contributed by atoms with E-state index >= 15 is 0 Å². The summed E-state index contributed by atoms with van der Waals surface area (Å²) in [7, 11) is 0. The lowest BCUT2D eigenvalue weighted by atomic mass is 10.2. The summed E-state index contributed by atoms with van der Waals surface area (Å²) in [6, 6.07) is 11.3. The van der Waals surface area contributed by atoms with Crippen LogP contribution in [0.5, 0.6) is 5.75 Å². The van der Waals surface area contributed by atoms with Gasteiger partial charge in [-0.15, -0.1) is 20.4 Å². The first-order valence-electron chi connectivity index (χ1n) is 8.81. The van der Waals surface area contributed by atoms with E-state index in [1.165, 1.54) is 23.1 Å². The van der Waals surface area contributed by atoms with Crippen molar-refractivity contribution in [3.63, 3.8) is 0 Å². The molecule has 3 aromatic heterocycles. The topological polar surface area (TPSA) is 107 Å². The van der Waals surface area contributed by atoms with Gasteiger partial charge in [-0.05, 0) is 50.2 Å². The first kappa shape index (κ1) is 19.3. The largest absolute Gasteiger partial charge is 0.494 e. The molecule has 0 atom stereocenters. The molecule has 148 valence electrons. The molecule has 0 fully saturated rings. The number of benzene rings is 1. The van der Waals surface area contributed by atoms with Crippen LogP contribution in [0.25, 0.3) is 17.0 Å². The van der Waals surface area contributed by atoms with Gasteiger partial charge in [0.2, 0.25) is 11.0 Å². The molecule has 3 heterocycles. The van der Waals surface area contributed by atoms with Crippen LogP contribution in [0.1, 0.15) is 11.9 Å². The Balaban J connectivity index is 1.48. The van der Waals surface area contributed by atoms with Crippen LogP contribution in [0.3, 0.4) is 0 Å². The van der Waals surface area contributed by atoms with Crippen LogP contribution in [-0.4, -0.2) is 48.3 Å². The molecule has 0 aliphatic rings. The molecule has 0 radical (unpaired) electrons. The maximum Gasteiger partial charge on any atom is 0.236 e. The summed E-state index contributed by atoms with van der Waals surface area (Å²) in [5.41, 5.74) is 1.51. The first-order chi connectivity index (χ1) is 14.1. The van der Waals surface area contributed by atoms with Gasteiger partial charge in [-0.1, -0.05) is 23.1 Å². The molecule has 1 amide bonds. The van der Waals surface area contributed by atoms with Gasteiger partial charge in [0.15, 0.2) is 11.5 Å². The number of hydrogen-bond donors (Lipinski definition) is 1. The Morgan fingerprint density at radius 2 is 1.97 bits per heavy atom. The Kier molecular flexibility index (Phi) is 5.67. The van der Waals surface area contributed by atoms with E-state index < -0.39 is 0 Å². The van der Waals surface area contributed by atoms with Crippen molar-refractivity contribution in [1.29, 1.82) is 0 Å². The predicted molar refractivity (Wildman–Crippen MR) is 111 cm³/mol. The fraction of sp³-hybridized carbons (Fsp3) is 0.222. The van der Waals surface area contributed by atoms with Crippen molar-refractivity contribution in [2.75, 3.05) is 17.7 Å². The number of rotatable bonds is 7. The highest BCUT2D eigenvalue weighted by Gasteiger charge is 2.12. The Hall–Kier alpha value is -3.05. The Bertz CT molecular complexity index is 1140. The number of amides is 1. The Morgan fingerprint density at radius 1 is 1.14 bits per heavy atom. The number of carbonyl (C=O) groups excluding carboxylic acids is 1. The molecule has 4 aromatic rings. The van der Waals surface area contributed by atoms with Gasteiger partial charge in [0.25, 0.3) is 0 Å². The van der Waals surface area contributed by atoms with E-state index in [-0.39, 0.29) is 11.7 Å². The average Bonchev–Trinajstić information content (AvgIpc) is 3.33. The number of ether oxygens (including phenoxy) is 1. The SMILES string of the molecule is CCOc1ccc(-c2nnc3ccc(SCC(=O)Nc4nnc(C)s4)nn23)cc1. The number of thioether (sulfide) groups is 1. The average molecular weight is 428 g/mol. The molecular formula is C18H17N7O2S2. The van der Waals surface area contributed by atoms with E-state index in [1.54, 1.807) is 4.52 Å². The summed E-state index contributed by atoms with van der Waals surface area (Å²) in [6.07, 6.45) is 0. The fourth-order valence-electron chi connectivity index (χ4n) is 2.54. The molecule has 0 saturated heterocycles. The van der Waals surface area contributed by atoms with Crippen LogP contribution in [-0.2, 0) is 4.79 Å². The van der Waals surface area contributed by atoms with Gasteiger partial charge in [-0.2, -0.15) is 9.61 Å². The lowest BCUT2D eigenvalue weighted by Crippen LogP contribution is -2.14. The zero-order valence-electron chi connectivity index (χ0n) is 15.7. The van der Waals surface area contributed by atoms with Gasteiger partial charge in [0.05, 0.1) is 12.4 Å². The van der Waals surface area contributed by atoms with E-state index in [1.807, 2.05) is 50.2 Å². The van der Waals surface area contributed by atoms with E-state index in [4.69, 9.17) is 4.74 Å². The molecular weight excluding hydrogens is 410 g/mol. The fourth-order valence-corrected chi connectivity index (χ4v) is 3.80. The number of nitrogens with zero attached hydrogens (tertiary/aromatic N) is 6. The second-order valence-corrected chi connectivity index (χ2v) is 8.06. The molecule has 0 spiro atoms. The van der Waals surface area contributed by atoms with Gasteiger partial charge in [0, 0.05) is 5.56 Å². The number of anilines is 1. The quantitative estimate of drug-likeness (QED) is 0.448. The van der Waals surface area contributed by atoms with Crippen molar-refractivity contribution in [2.24, 2.45) is 0 Å². The minimum Gasteiger partial charge on any atom is -0.494 e. The smallest absolute Gasteiger partial charge is 0.236 e. The van der Waals surface area contributed by atoms with Crippen molar-refractivity contribution in [2.45, 2.75) is 18.9 Å². The Morgan fingerprint density at radius 3 is 2.69 bits per heavy atom. The standard InChI is InChI=1S/C18H17N7O2S2/c1-3-27-13-6-4-12(5-7-13)17-22-21-14-8-9-16(24-25(14)17)28-10-15(26)19-18-23-20-11(2)29-18/h4-9H,3,10H2,1-2H3,(H,19,23,26). The molecule has 1 N–H and O–H groups in total. The van der Waals surface area contributed by atoms with Crippen molar-refractivity contribution < 1.29 is 9.53 Å². The summed E-state index contributed by atoms with van der Waals surface area (Å²) in [5.74, 6) is 1.46. The maximum atomic E-state index is 12.1. The van der Waals surface area contributed by atoms with Crippen LogP contribution in [0.15, 0.2) is 41.4 Å². The number of aromatic nitrogens is 6. The predicted octanol–water partition coefficient (Wildman–Crippen LogP) is 3.08. The van der Waals surface area contributed by atoms with Crippen LogP contribution < -0.4 is 10.1 Å². The van der Waals surface area contributed by atoms with Crippen LogP contribution in [0.4, 0.5) is 5.13 Å². The molecule has 1 aromatic carbocycles.